The highest BCUT2D eigenvalue weighted by Crippen LogP contribution is 2.40. The van der Waals surface area contributed by atoms with Gasteiger partial charge < -0.3 is 16.2 Å². The number of nitrogens with one attached hydrogen (secondary N) is 1. The third kappa shape index (κ3) is 5.43. The van der Waals surface area contributed by atoms with Crippen molar-refractivity contribution in [3.05, 3.63) is 69.6 Å². The fourth-order valence-electron chi connectivity index (χ4n) is 3.70. The van der Waals surface area contributed by atoms with E-state index in [1.165, 1.54) is 40.6 Å². The van der Waals surface area contributed by atoms with Crippen LogP contribution in [-0.4, -0.2) is 56.6 Å². The number of pyridine rings is 1. The van der Waals surface area contributed by atoms with Crippen LogP contribution in [0, 0.1) is 0 Å². The summed E-state index contributed by atoms with van der Waals surface area (Å²) in [6.07, 6.45) is 3.24. The first-order valence-corrected chi connectivity index (χ1v) is 13.0. The van der Waals surface area contributed by atoms with Crippen molar-refractivity contribution in [3.63, 3.8) is 0 Å². The predicted molar refractivity (Wildman–Crippen MR) is 132 cm³/mol. The van der Waals surface area contributed by atoms with Crippen LogP contribution in [0.4, 0.5) is 0 Å². The van der Waals surface area contributed by atoms with Gasteiger partial charge in [-0.3, -0.25) is 19.3 Å². The van der Waals surface area contributed by atoms with E-state index in [1.807, 2.05) is 0 Å². The monoisotopic (exact) mass is 553 g/mol. The second-order valence-corrected chi connectivity index (χ2v) is 10.7. The van der Waals surface area contributed by atoms with E-state index in [0.29, 0.717) is 31.8 Å². The molecule has 3 amide bonds. The van der Waals surface area contributed by atoms with Crippen LogP contribution in [-0.2, 0) is 20.9 Å². The number of thioether (sulfide) groups is 2. The maximum absolute atomic E-state index is 12.8. The molecule has 0 aliphatic carbocycles. The zero-order valence-corrected chi connectivity index (χ0v) is 21.1. The number of carboxylic acid groups (broad SMARTS) is 1. The highest BCUT2D eigenvalue weighted by molar-refractivity contribution is 8.00. The molecule has 4 N–H and O–H groups in total. The van der Waals surface area contributed by atoms with Crippen molar-refractivity contribution in [1.82, 2.24) is 10.2 Å². The number of benzene rings is 1. The Kier molecular flexibility index (Phi) is 7.60. The van der Waals surface area contributed by atoms with Crippen LogP contribution in [0.5, 0.6) is 0 Å². The summed E-state index contributed by atoms with van der Waals surface area (Å²) < 4.78 is 1.70. The Morgan fingerprint density at radius 2 is 1.94 bits per heavy atom. The molecule has 9 nitrogen and oxygen atoms in total. The minimum Gasteiger partial charge on any atom is -0.477 e. The Labute approximate surface area is 218 Å². The summed E-state index contributed by atoms with van der Waals surface area (Å²) in [4.78, 5) is 50.5. The summed E-state index contributed by atoms with van der Waals surface area (Å²) in [5.41, 5.74) is 6.04. The first-order chi connectivity index (χ1) is 16.7. The molecule has 0 spiro atoms. The number of aliphatic carboxylic acids is 1. The Hall–Kier alpha value is -2.73. The largest absolute Gasteiger partial charge is 0.477 e. The normalized spacial score (nSPS) is 19.1. The number of fused-ring (bicyclic) bond motifs is 1. The number of nitrogens with zero attached hydrogens (tertiary/aromatic N) is 2. The lowest BCUT2D eigenvalue weighted by atomic mass is 10.0. The van der Waals surface area contributed by atoms with E-state index < -0.39 is 29.2 Å². The number of rotatable bonds is 8. The number of halogens is 2. The maximum Gasteiger partial charge on any atom is 0.352 e. The van der Waals surface area contributed by atoms with Gasteiger partial charge in [0.1, 0.15) is 17.1 Å². The Morgan fingerprint density at radius 1 is 1.23 bits per heavy atom. The van der Waals surface area contributed by atoms with Gasteiger partial charge >= 0.3 is 5.97 Å². The topological polar surface area (TPSA) is 134 Å². The minimum atomic E-state index is -1.22. The van der Waals surface area contributed by atoms with E-state index in [1.54, 1.807) is 35.2 Å². The van der Waals surface area contributed by atoms with Gasteiger partial charge in [0.25, 0.3) is 5.91 Å². The second-order valence-electron chi connectivity index (χ2n) is 7.70. The fraction of sp³-hybridized carbons (Fsp3) is 0.227. The molecule has 0 bridgehead atoms. The highest BCUT2D eigenvalue weighted by atomic mass is 35.5. The molecular formula is C22H19Cl2N4O5S2+. The van der Waals surface area contributed by atoms with E-state index in [-0.39, 0.29) is 23.9 Å². The smallest absolute Gasteiger partial charge is 0.352 e. The van der Waals surface area contributed by atoms with Gasteiger partial charge in [-0.2, -0.15) is 0 Å². The van der Waals surface area contributed by atoms with Crippen LogP contribution in [0.2, 0.25) is 10.0 Å². The minimum absolute atomic E-state index is 0.0199. The Bertz CT molecular complexity index is 1250. The van der Waals surface area contributed by atoms with Crippen LogP contribution in [0.15, 0.2) is 58.9 Å². The summed E-state index contributed by atoms with van der Waals surface area (Å²) in [7, 11) is 0. The van der Waals surface area contributed by atoms with E-state index in [4.69, 9.17) is 28.9 Å². The first kappa shape index (κ1) is 25.4. The zero-order chi connectivity index (χ0) is 25.3. The highest BCUT2D eigenvalue weighted by Gasteiger charge is 2.54. The molecule has 1 aromatic carbocycles. The molecule has 2 aromatic rings. The lowest BCUT2D eigenvalue weighted by molar-refractivity contribution is -0.689. The molecule has 0 saturated carbocycles. The molecular weight excluding hydrogens is 535 g/mol. The third-order valence-corrected chi connectivity index (χ3v) is 8.44. The molecule has 35 heavy (non-hydrogen) atoms. The van der Waals surface area contributed by atoms with Crippen molar-refractivity contribution in [3.8, 4) is 0 Å². The van der Waals surface area contributed by atoms with E-state index >= 15 is 0 Å². The van der Waals surface area contributed by atoms with Crippen LogP contribution < -0.4 is 15.6 Å². The number of carbonyl (C=O) groups is 4. The summed E-state index contributed by atoms with van der Waals surface area (Å²) in [5.74, 6) is -2.26. The lowest BCUT2D eigenvalue weighted by Gasteiger charge is -2.49. The van der Waals surface area contributed by atoms with Crippen molar-refractivity contribution < 1.29 is 28.9 Å². The maximum atomic E-state index is 12.8. The van der Waals surface area contributed by atoms with E-state index in [9.17, 15) is 24.3 Å². The molecule has 0 radical (unpaired) electrons. The molecule has 1 aromatic heterocycles. The van der Waals surface area contributed by atoms with Gasteiger partial charge in [0.15, 0.2) is 18.9 Å². The first-order valence-electron chi connectivity index (χ1n) is 10.2. The van der Waals surface area contributed by atoms with Crippen LogP contribution in [0.3, 0.4) is 0 Å². The quantitative estimate of drug-likeness (QED) is 0.258. The zero-order valence-electron chi connectivity index (χ0n) is 17.9. The van der Waals surface area contributed by atoms with Crippen molar-refractivity contribution in [2.24, 2.45) is 5.73 Å². The number of carboxylic acids is 1. The molecule has 2 atom stereocenters. The number of nitrogens with two attached hydrogens (primary N) is 1. The van der Waals surface area contributed by atoms with Gasteiger partial charge in [-0.1, -0.05) is 23.2 Å². The second kappa shape index (κ2) is 10.5. The van der Waals surface area contributed by atoms with E-state index in [0.717, 1.165) is 0 Å². The van der Waals surface area contributed by atoms with Gasteiger partial charge in [0.2, 0.25) is 11.8 Å². The van der Waals surface area contributed by atoms with Gasteiger partial charge in [0.05, 0.1) is 16.3 Å². The third-order valence-electron chi connectivity index (χ3n) is 5.37. The number of aromatic nitrogens is 1. The molecule has 2 aliphatic heterocycles. The van der Waals surface area contributed by atoms with Gasteiger partial charge in [0, 0.05) is 33.4 Å². The molecule has 0 unspecified atom stereocenters. The predicted octanol–water partition coefficient (Wildman–Crippen LogP) is 1.91. The van der Waals surface area contributed by atoms with Crippen molar-refractivity contribution in [2.75, 3.05) is 11.5 Å². The van der Waals surface area contributed by atoms with Crippen LogP contribution >= 0.6 is 46.7 Å². The van der Waals surface area contributed by atoms with Gasteiger partial charge in [-0.05, 0) is 18.2 Å². The molecule has 13 heteroatoms. The average molecular weight is 554 g/mol. The summed E-state index contributed by atoms with van der Waals surface area (Å²) in [6, 6.07) is 7.19. The average Bonchev–Trinajstić information content (AvgIpc) is 2.83. The summed E-state index contributed by atoms with van der Waals surface area (Å²) >= 11 is 14.7. The van der Waals surface area contributed by atoms with Crippen molar-refractivity contribution in [2.45, 2.75) is 22.9 Å². The van der Waals surface area contributed by atoms with Gasteiger partial charge in [-0.25, -0.2) is 9.36 Å². The number of β-lactam (4-membered cyclic amide) rings is 1. The molecule has 4 rings (SSSR count). The van der Waals surface area contributed by atoms with Crippen LogP contribution in [0.1, 0.15) is 10.4 Å². The molecule has 2 aliphatic rings. The standard InChI is InChI=1S/C22H18Cl2N4O5S2/c23-13-1-2-14(24)15(7-13)34-10-16(29)26-17-20(31)28-18(22(32)33)12(9-35-21(17)28)8-27-5-3-11(4-6-27)19(25)30/h1-7,17,21H,8-10H2,(H3-,25,26,29,30,32,33)/p+1/t17-,21+/m0/s1. The summed E-state index contributed by atoms with van der Waals surface area (Å²) in [5, 5.41) is 13.0. The lowest BCUT2D eigenvalue weighted by Crippen LogP contribution is -2.70. The SMILES string of the molecule is NC(=O)c1cc[n+](CC2=C(C(=O)O)N3C(=O)[C@H](NC(=O)CSc4cc(Cl)ccc4Cl)[C@H]3SC2)cc1. The molecule has 1 saturated heterocycles. The Balaban J connectivity index is 1.42. The number of hydrogen-bond acceptors (Lipinski definition) is 6. The number of primary amides is 1. The number of hydrogen-bond donors (Lipinski definition) is 3. The van der Waals surface area contributed by atoms with Gasteiger partial charge in [-0.15, -0.1) is 23.5 Å². The number of amides is 3. The molecule has 3 heterocycles. The summed E-state index contributed by atoms with van der Waals surface area (Å²) in [6.45, 7) is 0.220. The molecule has 182 valence electrons. The van der Waals surface area contributed by atoms with Crippen molar-refractivity contribution >= 4 is 70.4 Å². The van der Waals surface area contributed by atoms with E-state index in [2.05, 4.69) is 5.32 Å². The molecule has 1 fully saturated rings. The van der Waals surface area contributed by atoms with Crippen LogP contribution in [0.25, 0.3) is 0 Å². The fourth-order valence-corrected chi connectivity index (χ4v) is 6.34. The number of carbonyl (C=O) groups excluding carboxylic acids is 3. The Morgan fingerprint density at radius 3 is 2.60 bits per heavy atom. The van der Waals surface area contributed by atoms with Crippen molar-refractivity contribution in [1.29, 1.82) is 0 Å².